The topological polar surface area (TPSA) is 71.8 Å². The Hall–Kier alpha value is -1.76. The highest BCUT2D eigenvalue weighted by atomic mass is 16.1. The van der Waals surface area contributed by atoms with Crippen LogP contribution in [0.4, 0.5) is 5.82 Å². The highest BCUT2D eigenvalue weighted by molar-refractivity contribution is 5.48. The lowest BCUT2D eigenvalue weighted by Crippen LogP contribution is -2.12. The second-order valence-electron chi connectivity index (χ2n) is 1.89. The van der Waals surface area contributed by atoms with Crippen molar-refractivity contribution in [3.63, 3.8) is 0 Å². The van der Waals surface area contributed by atoms with E-state index in [1.807, 2.05) is 13.8 Å². The molecule has 13 heavy (non-hydrogen) atoms. The number of aromatic nitrogens is 2. The first kappa shape index (κ1) is 11.2. The van der Waals surface area contributed by atoms with Gasteiger partial charge >= 0.3 is 5.69 Å². The molecular formula is C9H13N3O. The Morgan fingerprint density at radius 2 is 2.15 bits per heavy atom. The Morgan fingerprint density at radius 1 is 1.54 bits per heavy atom. The molecule has 1 aromatic heterocycles. The minimum Gasteiger partial charge on any atom is -0.384 e. The van der Waals surface area contributed by atoms with Crippen molar-refractivity contribution in [3.05, 3.63) is 22.2 Å². The fourth-order valence-electron chi connectivity index (χ4n) is 0.642. The van der Waals surface area contributed by atoms with E-state index in [0.29, 0.717) is 5.56 Å². The summed E-state index contributed by atoms with van der Waals surface area (Å²) in [6, 6.07) is 0. The highest BCUT2D eigenvalue weighted by Gasteiger charge is 1.94. The number of aromatic amines is 1. The van der Waals surface area contributed by atoms with Crippen LogP contribution in [0.15, 0.2) is 11.0 Å². The predicted octanol–water partition coefficient (Wildman–Crippen LogP) is 0.750. The van der Waals surface area contributed by atoms with Gasteiger partial charge in [-0.25, -0.2) is 9.78 Å². The van der Waals surface area contributed by atoms with E-state index in [-0.39, 0.29) is 5.82 Å². The van der Waals surface area contributed by atoms with Crippen molar-refractivity contribution in [2.24, 2.45) is 0 Å². The zero-order valence-corrected chi connectivity index (χ0v) is 8.01. The number of nitrogens with two attached hydrogens (primary N) is 1. The predicted molar refractivity (Wildman–Crippen MR) is 53.2 cm³/mol. The van der Waals surface area contributed by atoms with E-state index < -0.39 is 5.69 Å². The van der Waals surface area contributed by atoms with E-state index in [4.69, 9.17) is 5.73 Å². The first-order valence-corrected chi connectivity index (χ1v) is 4.01. The summed E-state index contributed by atoms with van der Waals surface area (Å²) in [5.74, 6) is 5.61. The normalized spacial score (nSPS) is 7.62. The first-order valence-electron chi connectivity index (χ1n) is 4.01. The van der Waals surface area contributed by atoms with Gasteiger partial charge in [0.05, 0.1) is 11.8 Å². The summed E-state index contributed by atoms with van der Waals surface area (Å²) < 4.78 is 0. The molecule has 0 aliphatic heterocycles. The van der Waals surface area contributed by atoms with Crippen molar-refractivity contribution in [2.45, 2.75) is 20.8 Å². The number of nitrogens with zero attached hydrogens (tertiary/aromatic N) is 1. The summed E-state index contributed by atoms with van der Waals surface area (Å²) in [6.07, 6.45) is 1.35. The highest BCUT2D eigenvalue weighted by Crippen LogP contribution is 1.99. The second kappa shape index (κ2) is 5.84. The lowest BCUT2D eigenvalue weighted by molar-refractivity contribution is 1.08. The molecule has 0 aromatic carbocycles. The minimum absolute atomic E-state index is 0.263. The third-order valence-electron chi connectivity index (χ3n) is 1.10. The van der Waals surface area contributed by atoms with Crippen molar-refractivity contribution in [1.82, 2.24) is 9.97 Å². The van der Waals surface area contributed by atoms with Gasteiger partial charge in [-0.05, 0) is 6.92 Å². The van der Waals surface area contributed by atoms with Crippen molar-refractivity contribution in [2.75, 3.05) is 5.73 Å². The second-order valence-corrected chi connectivity index (χ2v) is 1.89. The summed E-state index contributed by atoms with van der Waals surface area (Å²) in [5.41, 5.74) is 5.50. The largest absolute Gasteiger partial charge is 0.384 e. The van der Waals surface area contributed by atoms with E-state index in [9.17, 15) is 4.79 Å². The summed E-state index contributed by atoms with van der Waals surface area (Å²) in [4.78, 5) is 16.3. The van der Waals surface area contributed by atoms with E-state index in [1.165, 1.54) is 6.20 Å². The molecule has 0 aliphatic carbocycles. The Morgan fingerprint density at radius 3 is 2.62 bits per heavy atom. The monoisotopic (exact) mass is 179 g/mol. The van der Waals surface area contributed by atoms with Crippen molar-refractivity contribution in [3.8, 4) is 11.8 Å². The maximum Gasteiger partial charge on any atom is 0.346 e. The third kappa shape index (κ3) is 3.43. The zero-order valence-electron chi connectivity index (χ0n) is 8.01. The maximum absolute atomic E-state index is 10.6. The molecule has 0 atom stereocenters. The summed E-state index contributed by atoms with van der Waals surface area (Å²) >= 11 is 0. The van der Waals surface area contributed by atoms with Gasteiger partial charge in [-0.1, -0.05) is 19.8 Å². The minimum atomic E-state index is -0.454. The zero-order chi connectivity index (χ0) is 10.3. The molecule has 4 nitrogen and oxygen atoms in total. The molecule has 0 saturated carbocycles. The van der Waals surface area contributed by atoms with Crippen LogP contribution in [-0.4, -0.2) is 9.97 Å². The fraction of sp³-hybridized carbons (Fsp3) is 0.333. The maximum atomic E-state index is 10.6. The van der Waals surface area contributed by atoms with E-state index in [2.05, 4.69) is 21.8 Å². The van der Waals surface area contributed by atoms with Gasteiger partial charge in [-0.2, -0.15) is 0 Å². The molecule has 0 amide bonds. The van der Waals surface area contributed by atoms with E-state index in [1.54, 1.807) is 6.92 Å². The standard InChI is InChI=1S/C7H7N3O.C2H6/c1-2-3-5-4-9-7(11)10-6(5)8;1-2/h4H,1H3,(H3,8,9,10,11);1-2H3. The molecule has 1 heterocycles. The van der Waals surface area contributed by atoms with Gasteiger partial charge in [-0.15, -0.1) is 5.92 Å². The SMILES string of the molecule is CC.CC#Cc1cnc(=O)[nH]c1N. The molecule has 70 valence electrons. The van der Waals surface area contributed by atoms with E-state index >= 15 is 0 Å². The van der Waals surface area contributed by atoms with Crippen LogP contribution in [-0.2, 0) is 0 Å². The molecule has 0 fully saturated rings. The van der Waals surface area contributed by atoms with Crippen LogP contribution in [0.5, 0.6) is 0 Å². The number of nitrogen functional groups attached to an aromatic ring is 1. The van der Waals surface area contributed by atoms with E-state index in [0.717, 1.165) is 0 Å². The van der Waals surface area contributed by atoms with Gasteiger partial charge in [0, 0.05) is 0 Å². The fourth-order valence-corrected chi connectivity index (χ4v) is 0.642. The number of anilines is 1. The average molecular weight is 179 g/mol. The summed E-state index contributed by atoms with van der Waals surface area (Å²) in [5, 5.41) is 0. The van der Waals surface area contributed by atoms with Crippen LogP contribution in [0, 0.1) is 11.8 Å². The smallest absolute Gasteiger partial charge is 0.346 e. The molecular weight excluding hydrogens is 166 g/mol. The Bertz CT molecular complexity index is 370. The van der Waals surface area contributed by atoms with Crippen LogP contribution in [0.25, 0.3) is 0 Å². The quantitative estimate of drug-likeness (QED) is 0.577. The van der Waals surface area contributed by atoms with Gasteiger partial charge in [0.2, 0.25) is 0 Å². The molecule has 0 unspecified atom stereocenters. The Labute approximate surface area is 77.2 Å². The van der Waals surface area contributed by atoms with Crippen LogP contribution in [0.1, 0.15) is 26.3 Å². The van der Waals surface area contributed by atoms with Gasteiger partial charge in [0.15, 0.2) is 0 Å². The first-order chi connectivity index (χ1) is 6.24. The molecule has 1 rings (SSSR count). The molecule has 3 N–H and O–H groups in total. The molecule has 0 aliphatic rings. The van der Waals surface area contributed by atoms with Gasteiger partial charge in [-0.3, -0.25) is 4.98 Å². The summed E-state index contributed by atoms with van der Waals surface area (Å²) in [6.45, 7) is 5.69. The Kier molecular flexibility index (Phi) is 5.05. The van der Waals surface area contributed by atoms with Crippen LogP contribution >= 0.6 is 0 Å². The lowest BCUT2D eigenvalue weighted by atomic mass is 10.3. The third-order valence-corrected chi connectivity index (χ3v) is 1.10. The summed E-state index contributed by atoms with van der Waals surface area (Å²) in [7, 11) is 0. The van der Waals surface area contributed by atoms with Gasteiger partial charge in [0.25, 0.3) is 0 Å². The molecule has 0 radical (unpaired) electrons. The van der Waals surface area contributed by atoms with Crippen molar-refractivity contribution >= 4 is 5.82 Å². The van der Waals surface area contributed by atoms with Gasteiger partial charge < -0.3 is 5.73 Å². The lowest BCUT2D eigenvalue weighted by Gasteiger charge is -1.93. The Balaban J connectivity index is 0.000000671. The number of nitrogens with one attached hydrogen (secondary N) is 1. The van der Waals surface area contributed by atoms with Crippen molar-refractivity contribution < 1.29 is 0 Å². The number of H-pyrrole nitrogens is 1. The van der Waals surface area contributed by atoms with Gasteiger partial charge in [0.1, 0.15) is 5.82 Å². The molecule has 0 spiro atoms. The van der Waals surface area contributed by atoms with Crippen LogP contribution < -0.4 is 11.4 Å². The molecule has 1 aromatic rings. The average Bonchev–Trinajstić information content (AvgIpc) is 2.14. The number of hydrogen-bond donors (Lipinski definition) is 2. The van der Waals surface area contributed by atoms with Crippen LogP contribution in [0.3, 0.4) is 0 Å². The number of rotatable bonds is 0. The van der Waals surface area contributed by atoms with Crippen molar-refractivity contribution in [1.29, 1.82) is 0 Å². The molecule has 4 heteroatoms. The van der Waals surface area contributed by atoms with Crippen LogP contribution in [0.2, 0.25) is 0 Å². The number of hydrogen-bond acceptors (Lipinski definition) is 3. The molecule has 0 saturated heterocycles. The molecule has 0 bridgehead atoms.